The number of halogens is 1. The molecule has 0 saturated heterocycles. The summed E-state index contributed by atoms with van der Waals surface area (Å²) in [6.45, 7) is 8.37. The normalized spacial score (nSPS) is 17.6. The van der Waals surface area contributed by atoms with Gasteiger partial charge in [-0.15, -0.1) is 0 Å². The predicted molar refractivity (Wildman–Crippen MR) is 67.1 cm³/mol. The molecular weight excluding hydrogens is 254 g/mol. The summed E-state index contributed by atoms with van der Waals surface area (Å²) < 4.78 is 0. The van der Waals surface area contributed by atoms with Crippen LogP contribution >= 0.6 is 15.9 Å². The summed E-state index contributed by atoms with van der Waals surface area (Å²) in [5.41, 5.74) is 1.73. The van der Waals surface area contributed by atoms with Crippen molar-refractivity contribution in [2.24, 2.45) is 5.41 Å². The van der Waals surface area contributed by atoms with Crippen molar-refractivity contribution in [3.8, 4) is 0 Å². The van der Waals surface area contributed by atoms with Gasteiger partial charge in [0.15, 0.2) is 0 Å². The second kappa shape index (κ2) is 5.15. The largest absolute Gasteiger partial charge is 0.339 e. The van der Waals surface area contributed by atoms with E-state index in [0.29, 0.717) is 6.42 Å². The van der Waals surface area contributed by atoms with Gasteiger partial charge in [-0.3, -0.25) is 4.79 Å². The van der Waals surface area contributed by atoms with E-state index in [1.165, 1.54) is 5.57 Å². The Hall–Kier alpha value is -0.310. The highest BCUT2D eigenvalue weighted by molar-refractivity contribution is 9.09. The van der Waals surface area contributed by atoms with Gasteiger partial charge in [0.05, 0.1) is 0 Å². The Morgan fingerprint density at radius 3 is 2.60 bits per heavy atom. The van der Waals surface area contributed by atoms with Crippen molar-refractivity contribution in [2.75, 3.05) is 18.4 Å². The summed E-state index contributed by atoms with van der Waals surface area (Å²) >= 11 is 3.30. The molecule has 0 radical (unpaired) electrons. The third-order valence-electron chi connectivity index (χ3n) is 2.83. The molecule has 0 aromatic heterocycles. The molecule has 0 bridgehead atoms. The lowest BCUT2D eigenvalue weighted by Gasteiger charge is -2.32. The number of carbonyl (C=O) groups excluding carboxylic acids is 1. The molecule has 3 heteroatoms. The van der Waals surface area contributed by atoms with Gasteiger partial charge in [0.25, 0.3) is 0 Å². The molecule has 1 aliphatic heterocycles. The van der Waals surface area contributed by atoms with Crippen molar-refractivity contribution >= 4 is 21.8 Å². The molecule has 1 heterocycles. The van der Waals surface area contributed by atoms with Gasteiger partial charge < -0.3 is 4.90 Å². The molecule has 0 aliphatic carbocycles. The van der Waals surface area contributed by atoms with Crippen LogP contribution < -0.4 is 0 Å². The lowest BCUT2D eigenvalue weighted by Crippen LogP contribution is -2.36. The Kier molecular flexibility index (Phi) is 4.38. The minimum atomic E-state index is 0.255. The number of alkyl halides is 1. The summed E-state index contributed by atoms with van der Waals surface area (Å²) in [7, 11) is 0. The molecular formula is C12H20BrNO. The van der Waals surface area contributed by atoms with Crippen LogP contribution in [0.1, 0.15) is 33.6 Å². The summed E-state index contributed by atoms with van der Waals surface area (Å²) in [4.78, 5) is 13.6. The quantitative estimate of drug-likeness (QED) is 0.560. The fraction of sp³-hybridized carbons (Fsp3) is 0.750. The number of hydrogen-bond acceptors (Lipinski definition) is 1. The van der Waals surface area contributed by atoms with Crippen molar-refractivity contribution in [3.63, 3.8) is 0 Å². The standard InChI is InChI=1S/C12H20BrNO/c1-12(2,3)10-5-8-14(9-6-10)11(15)4-7-13/h5H,4,6-9H2,1-3H3. The first-order valence-electron chi connectivity index (χ1n) is 5.48. The molecule has 0 aromatic carbocycles. The third kappa shape index (κ3) is 3.63. The van der Waals surface area contributed by atoms with E-state index in [1.54, 1.807) is 0 Å². The van der Waals surface area contributed by atoms with Crippen molar-refractivity contribution in [1.29, 1.82) is 0 Å². The van der Waals surface area contributed by atoms with Gasteiger partial charge in [-0.05, 0) is 11.8 Å². The third-order valence-corrected chi connectivity index (χ3v) is 3.23. The highest BCUT2D eigenvalue weighted by Gasteiger charge is 2.22. The van der Waals surface area contributed by atoms with E-state index < -0.39 is 0 Å². The maximum atomic E-state index is 11.6. The molecule has 1 aliphatic rings. The second-order valence-corrected chi connectivity index (χ2v) is 5.80. The first-order valence-corrected chi connectivity index (χ1v) is 6.60. The number of nitrogens with zero attached hydrogens (tertiary/aromatic N) is 1. The van der Waals surface area contributed by atoms with E-state index in [9.17, 15) is 4.79 Å². The minimum absolute atomic E-state index is 0.255. The van der Waals surface area contributed by atoms with Gasteiger partial charge in [-0.25, -0.2) is 0 Å². The molecule has 0 saturated carbocycles. The maximum absolute atomic E-state index is 11.6. The fourth-order valence-corrected chi connectivity index (χ4v) is 2.15. The molecule has 0 spiro atoms. The zero-order valence-corrected chi connectivity index (χ0v) is 11.4. The van der Waals surface area contributed by atoms with Crippen molar-refractivity contribution in [3.05, 3.63) is 11.6 Å². The van der Waals surface area contributed by atoms with Gasteiger partial charge in [-0.1, -0.05) is 48.4 Å². The van der Waals surface area contributed by atoms with Gasteiger partial charge >= 0.3 is 0 Å². The molecule has 0 fully saturated rings. The molecule has 0 unspecified atom stereocenters. The number of hydrogen-bond donors (Lipinski definition) is 0. The van der Waals surface area contributed by atoms with Crippen LogP contribution in [0.4, 0.5) is 0 Å². The molecule has 0 N–H and O–H groups in total. The first-order chi connectivity index (χ1) is 6.95. The van der Waals surface area contributed by atoms with E-state index in [0.717, 1.165) is 24.8 Å². The maximum Gasteiger partial charge on any atom is 0.223 e. The summed E-state index contributed by atoms with van der Waals surface area (Å²) in [5, 5.41) is 0.762. The number of amides is 1. The second-order valence-electron chi connectivity index (χ2n) is 5.01. The zero-order valence-electron chi connectivity index (χ0n) is 9.85. The van der Waals surface area contributed by atoms with Gasteiger partial charge in [-0.2, -0.15) is 0 Å². The van der Waals surface area contributed by atoms with Crippen LogP contribution in [0.5, 0.6) is 0 Å². The molecule has 1 rings (SSSR count). The van der Waals surface area contributed by atoms with Gasteiger partial charge in [0.1, 0.15) is 0 Å². The lowest BCUT2D eigenvalue weighted by molar-refractivity contribution is -0.130. The number of rotatable bonds is 2. The lowest BCUT2D eigenvalue weighted by atomic mass is 9.83. The molecule has 86 valence electrons. The van der Waals surface area contributed by atoms with Crippen LogP contribution in [-0.4, -0.2) is 29.2 Å². The predicted octanol–water partition coefficient (Wildman–Crippen LogP) is 2.98. The Morgan fingerprint density at radius 2 is 2.20 bits per heavy atom. The van der Waals surface area contributed by atoms with Crippen LogP contribution in [-0.2, 0) is 4.79 Å². The molecule has 1 amide bonds. The Bertz CT molecular complexity index is 265. The van der Waals surface area contributed by atoms with E-state index in [1.807, 2.05) is 4.90 Å². The van der Waals surface area contributed by atoms with Gasteiger partial charge in [0.2, 0.25) is 5.91 Å². The molecule has 0 atom stereocenters. The summed E-state index contributed by atoms with van der Waals surface area (Å²) in [6, 6.07) is 0. The highest BCUT2D eigenvalue weighted by Crippen LogP contribution is 2.30. The van der Waals surface area contributed by atoms with Crippen molar-refractivity contribution in [2.45, 2.75) is 33.6 Å². The molecule has 0 aromatic rings. The SMILES string of the molecule is CC(C)(C)C1=CCN(C(=O)CCBr)CC1. The average Bonchev–Trinajstić information content (AvgIpc) is 2.17. The van der Waals surface area contributed by atoms with Gasteiger partial charge in [0, 0.05) is 24.8 Å². The van der Waals surface area contributed by atoms with E-state index in [2.05, 4.69) is 42.8 Å². The highest BCUT2D eigenvalue weighted by atomic mass is 79.9. The monoisotopic (exact) mass is 273 g/mol. The smallest absolute Gasteiger partial charge is 0.223 e. The number of carbonyl (C=O) groups is 1. The van der Waals surface area contributed by atoms with Crippen molar-refractivity contribution < 1.29 is 4.79 Å². The zero-order chi connectivity index (χ0) is 11.5. The van der Waals surface area contributed by atoms with Crippen LogP contribution in [0.25, 0.3) is 0 Å². The summed E-state index contributed by atoms with van der Waals surface area (Å²) in [6.07, 6.45) is 3.85. The Labute approximate surface area is 101 Å². The van der Waals surface area contributed by atoms with Crippen molar-refractivity contribution in [1.82, 2.24) is 4.90 Å². The van der Waals surface area contributed by atoms with Crippen LogP contribution in [0.2, 0.25) is 0 Å². The van der Waals surface area contributed by atoms with E-state index in [-0.39, 0.29) is 11.3 Å². The van der Waals surface area contributed by atoms with Crippen LogP contribution in [0, 0.1) is 5.41 Å². The Morgan fingerprint density at radius 1 is 1.53 bits per heavy atom. The van der Waals surface area contributed by atoms with E-state index >= 15 is 0 Å². The van der Waals surface area contributed by atoms with Crippen LogP contribution in [0.3, 0.4) is 0 Å². The van der Waals surface area contributed by atoms with Crippen LogP contribution in [0.15, 0.2) is 11.6 Å². The first kappa shape index (κ1) is 12.8. The Balaban J connectivity index is 2.54. The topological polar surface area (TPSA) is 20.3 Å². The minimum Gasteiger partial charge on any atom is -0.339 e. The fourth-order valence-electron chi connectivity index (χ4n) is 1.82. The molecule has 15 heavy (non-hydrogen) atoms. The average molecular weight is 274 g/mol. The molecule has 2 nitrogen and oxygen atoms in total. The summed E-state index contributed by atoms with van der Waals surface area (Å²) in [5.74, 6) is 0.260. The van der Waals surface area contributed by atoms with E-state index in [4.69, 9.17) is 0 Å².